The Balaban J connectivity index is -0.000000257. The average molecular weight is 343 g/mol. The van der Waals surface area contributed by atoms with Gasteiger partial charge in [0.2, 0.25) is 0 Å². The zero-order valence-corrected chi connectivity index (χ0v) is 13.3. The first-order chi connectivity index (χ1) is 10.0. The van der Waals surface area contributed by atoms with Gasteiger partial charge in [0.1, 0.15) is 12.1 Å². The maximum absolute atomic E-state index is 10.1. The number of hydrogen-bond donors (Lipinski definition) is 7. The molecule has 0 radical (unpaired) electrons. The van der Waals surface area contributed by atoms with E-state index in [1.54, 1.807) is 11.8 Å². The van der Waals surface area contributed by atoms with E-state index in [0.717, 1.165) is 5.75 Å². The van der Waals surface area contributed by atoms with E-state index < -0.39 is 36.1 Å². The van der Waals surface area contributed by atoms with Gasteiger partial charge in [0.15, 0.2) is 0 Å². The van der Waals surface area contributed by atoms with Crippen molar-refractivity contribution in [1.82, 2.24) is 0 Å². The topological polar surface area (TPSA) is 210 Å². The summed E-state index contributed by atoms with van der Waals surface area (Å²) in [7, 11) is 0. The highest BCUT2D eigenvalue weighted by Gasteiger charge is 2.16. The molecule has 10 nitrogen and oxygen atoms in total. The van der Waals surface area contributed by atoms with Crippen LogP contribution in [0.15, 0.2) is 0 Å². The second kappa shape index (κ2) is 16.0. The molecule has 0 spiro atoms. The molecule has 0 fully saturated rings. The second-order valence-electron chi connectivity index (χ2n) is 3.93. The zero-order valence-electron chi connectivity index (χ0n) is 12.5. The highest BCUT2D eigenvalue weighted by molar-refractivity contribution is 7.98. The third-order valence-corrected chi connectivity index (χ3v) is 2.57. The highest BCUT2D eigenvalue weighted by Crippen LogP contribution is 1.97. The Morgan fingerprint density at radius 1 is 1.09 bits per heavy atom. The maximum atomic E-state index is 10.1. The lowest BCUT2D eigenvalue weighted by molar-refractivity contribution is -0.141. The van der Waals surface area contributed by atoms with Crippen molar-refractivity contribution >= 4 is 29.7 Å². The summed E-state index contributed by atoms with van der Waals surface area (Å²) in [6.45, 7) is 1.05. The number of aliphatic hydroxyl groups excluding tert-OH is 1. The van der Waals surface area contributed by atoms with Gasteiger partial charge in [0.05, 0.1) is 12.6 Å². The van der Waals surface area contributed by atoms with Crippen LogP contribution in [0.2, 0.25) is 0 Å². The first kappa shape index (κ1) is 25.5. The van der Waals surface area contributed by atoms with Crippen LogP contribution in [0.3, 0.4) is 0 Å². The molecule has 0 aromatic rings. The van der Waals surface area contributed by atoms with E-state index >= 15 is 0 Å². The van der Waals surface area contributed by atoms with E-state index in [9.17, 15) is 14.4 Å². The minimum atomic E-state index is -1.18. The van der Waals surface area contributed by atoms with E-state index in [2.05, 4.69) is 5.73 Å². The molecule has 22 heavy (non-hydrogen) atoms. The lowest BCUT2D eigenvalue weighted by atomic mass is 10.2. The number of aliphatic carboxylic acids is 3. The average Bonchev–Trinajstić information content (AvgIpc) is 2.44. The second-order valence-corrected chi connectivity index (χ2v) is 4.91. The molecule has 3 unspecified atom stereocenters. The summed E-state index contributed by atoms with van der Waals surface area (Å²) in [4.78, 5) is 29.2. The summed E-state index contributed by atoms with van der Waals surface area (Å²) in [5, 5.41) is 32.4. The molecule has 0 aromatic heterocycles. The van der Waals surface area contributed by atoms with E-state index in [4.69, 9.17) is 31.9 Å². The third-order valence-electron chi connectivity index (χ3n) is 1.93. The molecule has 0 aromatic carbocycles. The number of carbonyl (C=O) groups is 3. The van der Waals surface area contributed by atoms with Crippen LogP contribution in [-0.2, 0) is 14.4 Å². The van der Waals surface area contributed by atoms with Crippen molar-refractivity contribution in [3.05, 3.63) is 0 Å². The summed E-state index contributed by atoms with van der Waals surface area (Å²) in [5.41, 5.74) is 14.7. The fourth-order valence-electron chi connectivity index (χ4n) is 0.575. The summed E-state index contributed by atoms with van der Waals surface area (Å²) < 4.78 is 0. The third kappa shape index (κ3) is 20.9. The Kier molecular flexibility index (Phi) is 18.6. The Bertz CT molecular complexity index is 329. The van der Waals surface area contributed by atoms with Crippen LogP contribution >= 0.6 is 11.8 Å². The van der Waals surface area contributed by atoms with Crippen LogP contribution < -0.4 is 17.2 Å². The van der Waals surface area contributed by atoms with Crippen LogP contribution in [-0.4, -0.2) is 75.1 Å². The van der Waals surface area contributed by atoms with Crippen LogP contribution in [0.25, 0.3) is 0 Å². The minimum absolute atomic E-state index is 0.278. The quantitative estimate of drug-likeness (QED) is 0.267. The van der Waals surface area contributed by atoms with Gasteiger partial charge in [0, 0.05) is 0 Å². The van der Waals surface area contributed by atoms with Gasteiger partial charge in [-0.2, -0.15) is 11.8 Å². The smallest absolute Gasteiger partial charge is 0.323 e. The van der Waals surface area contributed by atoms with Crippen molar-refractivity contribution in [1.29, 1.82) is 0 Å². The normalized spacial score (nSPS) is 13.4. The lowest BCUT2D eigenvalue weighted by Gasteiger charge is -2.06. The van der Waals surface area contributed by atoms with Gasteiger partial charge in [-0.3, -0.25) is 14.4 Å². The molecule has 0 aliphatic rings. The van der Waals surface area contributed by atoms with Crippen molar-refractivity contribution in [2.75, 3.05) is 18.6 Å². The summed E-state index contributed by atoms with van der Waals surface area (Å²) in [5.74, 6) is -2.25. The number of thioether (sulfide) groups is 1. The fraction of sp³-hybridized carbons (Fsp3) is 0.727. The van der Waals surface area contributed by atoms with Crippen molar-refractivity contribution in [3.63, 3.8) is 0 Å². The molecule has 0 heterocycles. The molecule has 0 amide bonds. The molecule has 0 aliphatic carbocycles. The zero-order chi connectivity index (χ0) is 18.3. The molecule has 3 atom stereocenters. The van der Waals surface area contributed by atoms with E-state index in [1.807, 2.05) is 6.26 Å². The van der Waals surface area contributed by atoms with Crippen molar-refractivity contribution in [2.24, 2.45) is 17.2 Å². The van der Waals surface area contributed by atoms with Crippen LogP contribution in [0.4, 0.5) is 0 Å². The Morgan fingerprint density at radius 3 is 1.64 bits per heavy atom. The number of aliphatic hydroxyl groups is 1. The Labute approximate surface area is 132 Å². The monoisotopic (exact) mass is 343 g/mol. The van der Waals surface area contributed by atoms with Gasteiger partial charge in [-0.25, -0.2) is 0 Å². The molecule has 0 rings (SSSR count). The number of carboxylic acid groups (broad SMARTS) is 3. The summed E-state index contributed by atoms with van der Waals surface area (Å²) >= 11 is 1.60. The molecule has 0 aliphatic heterocycles. The van der Waals surface area contributed by atoms with Gasteiger partial charge in [-0.05, 0) is 25.4 Å². The largest absolute Gasteiger partial charge is 0.480 e. The summed E-state index contributed by atoms with van der Waals surface area (Å²) in [6, 6.07) is -1.84. The Morgan fingerprint density at radius 2 is 1.50 bits per heavy atom. The van der Waals surface area contributed by atoms with Gasteiger partial charge >= 0.3 is 17.9 Å². The van der Waals surface area contributed by atoms with Crippen LogP contribution in [0, 0.1) is 0 Å². The van der Waals surface area contributed by atoms with E-state index in [0.29, 0.717) is 6.42 Å². The number of carboxylic acids is 3. The first-order valence-electron chi connectivity index (χ1n) is 6.06. The molecule has 11 heteroatoms. The molecule has 10 N–H and O–H groups in total. The number of rotatable bonds is 7. The summed E-state index contributed by atoms with van der Waals surface area (Å²) in [6.07, 6.45) is 1.50. The first-order valence-corrected chi connectivity index (χ1v) is 7.46. The SMILES string of the molecule is CC(O)C(N)C(=O)O.CSCCC(N)C(=O)O.NCC(=O)O. The van der Waals surface area contributed by atoms with Gasteiger partial charge in [-0.15, -0.1) is 0 Å². The minimum Gasteiger partial charge on any atom is -0.480 e. The van der Waals surface area contributed by atoms with E-state index in [1.165, 1.54) is 6.92 Å². The van der Waals surface area contributed by atoms with Crippen LogP contribution in [0.5, 0.6) is 0 Å². The molecular formula is C11H25N3O7S. The number of hydrogen-bond acceptors (Lipinski definition) is 8. The molecule has 0 bridgehead atoms. The van der Waals surface area contributed by atoms with Gasteiger partial charge in [0.25, 0.3) is 0 Å². The van der Waals surface area contributed by atoms with E-state index in [-0.39, 0.29) is 6.54 Å². The van der Waals surface area contributed by atoms with Crippen molar-refractivity contribution in [3.8, 4) is 0 Å². The van der Waals surface area contributed by atoms with Gasteiger partial charge in [-0.1, -0.05) is 0 Å². The lowest BCUT2D eigenvalue weighted by Crippen LogP contribution is -2.39. The van der Waals surface area contributed by atoms with Crippen molar-refractivity contribution < 1.29 is 34.8 Å². The van der Waals surface area contributed by atoms with Crippen molar-refractivity contribution in [2.45, 2.75) is 31.5 Å². The fourth-order valence-corrected chi connectivity index (χ4v) is 1.06. The Hall–Kier alpha value is -1.40. The predicted octanol–water partition coefficient (Wildman–Crippen LogP) is -2.04. The predicted molar refractivity (Wildman–Crippen MR) is 82.6 cm³/mol. The maximum Gasteiger partial charge on any atom is 0.323 e. The van der Waals surface area contributed by atoms with Gasteiger partial charge < -0.3 is 37.6 Å². The highest BCUT2D eigenvalue weighted by atomic mass is 32.2. The van der Waals surface area contributed by atoms with Crippen LogP contribution in [0.1, 0.15) is 13.3 Å². The molecule has 0 saturated heterocycles. The molecule has 132 valence electrons. The molecular weight excluding hydrogens is 318 g/mol. The number of nitrogens with two attached hydrogens (primary N) is 3. The standard InChI is InChI=1S/C5H11NO2S.C4H9NO3.C2H5NO2/c1-9-3-2-4(6)5(7)8;1-2(6)3(5)4(7)8;3-1-2(4)5/h4H,2-3,6H2,1H3,(H,7,8);2-3,6H,5H2,1H3,(H,7,8);1,3H2,(H,4,5). The molecule has 0 saturated carbocycles.